The van der Waals surface area contributed by atoms with E-state index in [1.807, 2.05) is 69.3 Å². The fourth-order valence-corrected chi connectivity index (χ4v) is 2.71. The molecule has 3 nitrogen and oxygen atoms in total. The Morgan fingerprint density at radius 1 is 1.09 bits per heavy atom. The maximum atomic E-state index is 12.0. The average Bonchev–Trinajstić information content (AvgIpc) is 2.47. The fourth-order valence-electron chi connectivity index (χ4n) is 2.46. The Bertz CT molecular complexity index is 660. The zero-order chi connectivity index (χ0) is 16.3. The highest BCUT2D eigenvalue weighted by Gasteiger charge is 2.27. The Labute approximate surface area is 136 Å². The number of benzene rings is 2. The van der Waals surface area contributed by atoms with E-state index in [1.54, 1.807) is 4.90 Å². The molecule has 0 fully saturated rings. The quantitative estimate of drug-likeness (QED) is 0.924. The molecule has 0 aliphatic heterocycles. The van der Waals surface area contributed by atoms with Crippen LogP contribution in [0.1, 0.15) is 20.8 Å². The van der Waals surface area contributed by atoms with Crippen LogP contribution >= 0.6 is 11.6 Å². The van der Waals surface area contributed by atoms with Crippen molar-refractivity contribution in [3.05, 3.63) is 53.6 Å². The summed E-state index contributed by atoms with van der Waals surface area (Å²) in [5.41, 5.74) is 2.28. The van der Waals surface area contributed by atoms with E-state index in [9.17, 15) is 9.90 Å². The molecular weight excluding hydrogens is 298 g/mol. The van der Waals surface area contributed by atoms with Crippen LogP contribution in [0.5, 0.6) is 0 Å². The van der Waals surface area contributed by atoms with Gasteiger partial charge in [-0.2, -0.15) is 0 Å². The van der Waals surface area contributed by atoms with Gasteiger partial charge in [-0.25, -0.2) is 0 Å². The molecule has 116 valence electrons. The fraction of sp³-hybridized carbons (Fsp3) is 0.278. The van der Waals surface area contributed by atoms with Crippen molar-refractivity contribution in [2.45, 2.75) is 26.3 Å². The highest BCUT2D eigenvalue weighted by molar-refractivity contribution is 6.33. The van der Waals surface area contributed by atoms with Crippen molar-refractivity contribution >= 4 is 23.2 Å². The third-order valence-corrected chi connectivity index (χ3v) is 3.70. The molecule has 0 aliphatic rings. The second-order valence-corrected chi connectivity index (χ2v) is 6.49. The van der Waals surface area contributed by atoms with Crippen LogP contribution in [0.15, 0.2) is 48.5 Å². The van der Waals surface area contributed by atoms with Gasteiger partial charge in [-0.15, -0.1) is 0 Å². The third kappa shape index (κ3) is 3.49. The van der Waals surface area contributed by atoms with Gasteiger partial charge in [0.2, 0.25) is 0 Å². The Hall–Kier alpha value is -1.84. The van der Waals surface area contributed by atoms with Gasteiger partial charge in [0.1, 0.15) is 6.61 Å². The molecule has 0 bridgehead atoms. The van der Waals surface area contributed by atoms with Gasteiger partial charge < -0.3 is 10.0 Å². The van der Waals surface area contributed by atoms with E-state index in [1.165, 1.54) is 0 Å². The van der Waals surface area contributed by atoms with E-state index in [0.717, 1.165) is 16.8 Å². The van der Waals surface area contributed by atoms with E-state index in [0.29, 0.717) is 5.02 Å². The summed E-state index contributed by atoms with van der Waals surface area (Å²) < 4.78 is 0. The summed E-state index contributed by atoms with van der Waals surface area (Å²) >= 11 is 6.21. The summed E-state index contributed by atoms with van der Waals surface area (Å²) in [6.07, 6.45) is 0. The Morgan fingerprint density at radius 2 is 1.68 bits per heavy atom. The van der Waals surface area contributed by atoms with Crippen molar-refractivity contribution in [1.82, 2.24) is 0 Å². The maximum Gasteiger partial charge on any atom is 0.253 e. The highest BCUT2D eigenvalue weighted by Crippen LogP contribution is 2.31. The molecule has 2 aromatic carbocycles. The first kappa shape index (κ1) is 16.5. The van der Waals surface area contributed by atoms with Crippen molar-refractivity contribution in [2.24, 2.45) is 0 Å². The SMILES string of the molecule is CC(C)(C)N(C(=O)CO)c1ccc(-c2ccccc2Cl)cc1. The topological polar surface area (TPSA) is 40.5 Å². The molecule has 22 heavy (non-hydrogen) atoms. The summed E-state index contributed by atoms with van der Waals surface area (Å²) in [6.45, 7) is 5.29. The summed E-state index contributed by atoms with van der Waals surface area (Å²) in [6, 6.07) is 15.2. The van der Waals surface area contributed by atoms with Gasteiger partial charge in [-0.05, 0) is 44.5 Å². The molecule has 0 spiro atoms. The van der Waals surface area contributed by atoms with Crippen LogP contribution in [0.2, 0.25) is 5.02 Å². The highest BCUT2D eigenvalue weighted by atomic mass is 35.5. The molecule has 0 aromatic heterocycles. The summed E-state index contributed by atoms with van der Waals surface area (Å²) in [5, 5.41) is 9.88. The number of rotatable bonds is 3. The van der Waals surface area contributed by atoms with E-state index in [4.69, 9.17) is 11.6 Å². The lowest BCUT2D eigenvalue weighted by Crippen LogP contribution is -2.47. The minimum absolute atomic E-state index is 0.321. The molecule has 0 saturated carbocycles. The van der Waals surface area contributed by atoms with E-state index < -0.39 is 12.1 Å². The maximum absolute atomic E-state index is 12.0. The molecule has 4 heteroatoms. The molecule has 0 saturated heterocycles. The van der Waals surface area contributed by atoms with Crippen molar-refractivity contribution in [2.75, 3.05) is 11.5 Å². The molecular formula is C18H20ClNO2. The zero-order valence-corrected chi connectivity index (χ0v) is 13.8. The van der Waals surface area contributed by atoms with Gasteiger partial charge in [0.15, 0.2) is 0 Å². The number of hydrogen-bond acceptors (Lipinski definition) is 2. The molecule has 1 amide bonds. The molecule has 2 rings (SSSR count). The van der Waals surface area contributed by atoms with Crippen LogP contribution in [-0.4, -0.2) is 23.2 Å². The van der Waals surface area contributed by atoms with Crippen molar-refractivity contribution in [3.63, 3.8) is 0 Å². The predicted octanol–water partition coefficient (Wildman–Crippen LogP) is 4.13. The van der Waals surface area contributed by atoms with Crippen molar-refractivity contribution in [3.8, 4) is 11.1 Å². The minimum Gasteiger partial charge on any atom is -0.387 e. The van der Waals surface area contributed by atoms with Gasteiger partial charge in [0, 0.05) is 21.8 Å². The molecule has 0 atom stereocenters. The Kier molecular flexibility index (Phi) is 4.89. The standard InChI is InChI=1S/C18H20ClNO2/c1-18(2,3)20(17(22)12-21)14-10-8-13(9-11-14)15-6-4-5-7-16(15)19/h4-11,21H,12H2,1-3H3. The first-order valence-electron chi connectivity index (χ1n) is 7.13. The monoisotopic (exact) mass is 317 g/mol. The van der Waals surface area contributed by atoms with Gasteiger partial charge in [0.25, 0.3) is 5.91 Å². The molecule has 0 unspecified atom stereocenters. The van der Waals surface area contributed by atoms with Gasteiger partial charge in [-0.3, -0.25) is 4.79 Å². The number of anilines is 1. The predicted molar refractivity (Wildman–Crippen MR) is 91.2 cm³/mol. The van der Waals surface area contributed by atoms with Crippen LogP contribution in [0.25, 0.3) is 11.1 Å². The lowest BCUT2D eigenvalue weighted by atomic mass is 10.0. The molecule has 0 heterocycles. The first-order chi connectivity index (χ1) is 10.3. The Morgan fingerprint density at radius 3 is 2.18 bits per heavy atom. The second kappa shape index (κ2) is 6.51. The zero-order valence-electron chi connectivity index (χ0n) is 13.0. The number of amides is 1. The number of hydrogen-bond donors (Lipinski definition) is 1. The van der Waals surface area contributed by atoms with Crippen molar-refractivity contribution in [1.29, 1.82) is 0 Å². The number of aliphatic hydroxyl groups excluding tert-OH is 1. The largest absolute Gasteiger partial charge is 0.387 e. The van der Waals surface area contributed by atoms with Gasteiger partial charge >= 0.3 is 0 Å². The summed E-state index contributed by atoms with van der Waals surface area (Å²) in [5.74, 6) is -0.321. The van der Waals surface area contributed by atoms with E-state index in [2.05, 4.69) is 0 Å². The normalized spacial score (nSPS) is 11.3. The third-order valence-electron chi connectivity index (χ3n) is 3.37. The summed E-state index contributed by atoms with van der Waals surface area (Å²) in [4.78, 5) is 13.6. The van der Waals surface area contributed by atoms with Crippen LogP contribution in [-0.2, 0) is 4.79 Å². The van der Waals surface area contributed by atoms with E-state index in [-0.39, 0.29) is 5.91 Å². The second-order valence-electron chi connectivity index (χ2n) is 6.08. The van der Waals surface area contributed by atoms with E-state index >= 15 is 0 Å². The van der Waals surface area contributed by atoms with Crippen LogP contribution in [0, 0.1) is 0 Å². The summed E-state index contributed by atoms with van der Waals surface area (Å²) in [7, 11) is 0. The number of carbonyl (C=O) groups excluding carboxylic acids is 1. The number of aliphatic hydroxyl groups is 1. The van der Waals surface area contributed by atoms with Crippen LogP contribution in [0.4, 0.5) is 5.69 Å². The average molecular weight is 318 g/mol. The molecule has 0 radical (unpaired) electrons. The molecule has 1 N–H and O–H groups in total. The Balaban J connectivity index is 2.39. The van der Waals surface area contributed by atoms with Gasteiger partial charge in [0.05, 0.1) is 0 Å². The van der Waals surface area contributed by atoms with Crippen LogP contribution < -0.4 is 4.90 Å². The number of carbonyl (C=O) groups is 1. The molecule has 0 aliphatic carbocycles. The molecule has 2 aromatic rings. The van der Waals surface area contributed by atoms with Crippen LogP contribution in [0.3, 0.4) is 0 Å². The number of halogens is 1. The number of nitrogens with zero attached hydrogens (tertiary/aromatic N) is 1. The lowest BCUT2D eigenvalue weighted by Gasteiger charge is -2.35. The first-order valence-corrected chi connectivity index (χ1v) is 7.51. The smallest absolute Gasteiger partial charge is 0.253 e. The lowest BCUT2D eigenvalue weighted by molar-refractivity contribution is -0.122. The minimum atomic E-state index is -0.510. The van der Waals surface area contributed by atoms with Crippen molar-refractivity contribution < 1.29 is 9.90 Å². The van der Waals surface area contributed by atoms with Gasteiger partial charge in [-0.1, -0.05) is 41.9 Å².